The number of nitrogens with zero attached hydrogens (tertiary/aromatic N) is 2. The summed E-state index contributed by atoms with van der Waals surface area (Å²) in [6.45, 7) is 3.16. The summed E-state index contributed by atoms with van der Waals surface area (Å²) in [6, 6.07) is 7.88. The summed E-state index contributed by atoms with van der Waals surface area (Å²) >= 11 is 0. The van der Waals surface area contributed by atoms with E-state index in [9.17, 15) is 4.79 Å². The number of hydrogen-bond donors (Lipinski definition) is 2. The fraction of sp³-hybridized carbons (Fsp3) is 0.562. The van der Waals surface area contributed by atoms with Crippen LogP contribution in [-0.4, -0.2) is 51.1 Å². The summed E-state index contributed by atoms with van der Waals surface area (Å²) in [5, 5.41) is 2.96. The van der Waals surface area contributed by atoms with Crippen molar-refractivity contribution >= 4 is 17.3 Å². The lowest BCUT2D eigenvalue weighted by atomic mass is 9.97. The summed E-state index contributed by atoms with van der Waals surface area (Å²) in [5.41, 5.74) is 7.66. The minimum Gasteiger partial charge on any atom is -0.378 e. The Morgan fingerprint density at radius 1 is 1.29 bits per heavy atom. The molecule has 5 heteroatoms. The molecule has 2 rings (SSSR count). The Labute approximate surface area is 127 Å². The first-order chi connectivity index (χ1) is 10.1. The van der Waals surface area contributed by atoms with E-state index in [4.69, 9.17) is 5.73 Å². The molecule has 1 heterocycles. The lowest BCUT2D eigenvalue weighted by molar-refractivity contribution is -0.117. The Morgan fingerprint density at radius 2 is 1.90 bits per heavy atom. The van der Waals surface area contributed by atoms with Crippen LogP contribution < -0.4 is 16.0 Å². The second-order valence-electron chi connectivity index (χ2n) is 5.94. The molecule has 1 aliphatic rings. The zero-order valence-electron chi connectivity index (χ0n) is 13.0. The first-order valence-corrected chi connectivity index (χ1v) is 7.58. The van der Waals surface area contributed by atoms with E-state index in [0.717, 1.165) is 43.9 Å². The maximum Gasteiger partial charge on any atom is 0.238 e. The van der Waals surface area contributed by atoms with Gasteiger partial charge in [-0.2, -0.15) is 0 Å². The highest BCUT2D eigenvalue weighted by Gasteiger charge is 2.19. The molecule has 0 aromatic heterocycles. The van der Waals surface area contributed by atoms with Gasteiger partial charge in [0.2, 0.25) is 5.91 Å². The van der Waals surface area contributed by atoms with E-state index in [-0.39, 0.29) is 5.91 Å². The van der Waals surface area contributed by atoms with Crippen molar-refractivity contribution in [2.45, 2.75) is 12.8 Å². The van der Waals surface area contributed by atoms with Gasteiger partial charge < -0.3 is 16.0 Å². The maximum atomic E-state index is 12.1. The molecule has 1 saturated heterocycles. The third-order valence-electron chi connectivity index (χ3n) is 4.08. The molecular weight excluding hydrogens is 264 g/mol. The lowest BCUT2D eigenvalue weighted by Crippen LogP contribution is -2.40. The molecule has 0 spiro atoms. The number of hydrogen-bond acceptors (Lipinski definition) is 4. The number of anilines is 2. The fourth-order valence-corrected chi connectivity index (χ4v) is 2.63. The van der Waals surface area contributed by atoms with Gasteiger partial charge in [0, 0.05) is 25.5 Å². The van der Waals surface area contributed by atoms with E-state index in [1.54, 1.807) is 0 Å². The molecule has 0 atom stereocenters. The number of likely N-dealkylation sites (tertiary alicyclic amines) is 1. The fourth-order valence-electron chi connectivity index (χ4n) is 2.63. The smallest absolute Gasteiger partial charge is 0.238 e. The number of piperidine rings is 1. The first kappa shape index (κ1) is 15.8. The minimum absolute atomic E-state index is 0.0544. The summed E-state index contributed by atoms with van der Waals surface area (Å²) in [7, 11) is 4.00. The van der Waals surface area contributed by atoms with Gasteiger partial charge in [0.15, 0.2) is 0 Å². The summed E-state index contributed by atoms with van der Waals surface area (Å²) in [4.78, 5) is 16.3. The molecule has 1 aromatic rings. The second kappa shape index (κ2) is 7.43. The summed E-state index contributed by atoms with van der Waals surface area (Å²) in [5.74, 6) is 0.682. The van der Waals surface area contributed by atoms with Crippen molar-refractivity contribution in [1.29, 1.82) is 0 Å². The first-order valence-electron chi connectivity index (χ1n) is 7.58. The summed E-state index contributed by atoms with van der Waals surface area (Å²) in [6.07, 6.45) is 2.20. The molecule has 1 fully saturated rings. The van der Waals surface area contributed by atoms with E-state index in [2.05, 4.69) is 10.2 Å². The standard InChI is InChI=1S/C16H26N4O/c1-19(2)15-5-3-14(4-6-15)18-16(21)12-20-9-7-13(11-17)8-10-20/h3-6,13H,7-12,17H2,1-2H3,(H,18,21). The molecule has 116 valence electrons. The average Bonchev–Trinajstić information content (AvgIpc) is 2.48. The van der Waals surface area contributed by atoms with Gasteiger partial charge in [-0.15, -0.1) is 0 Å². The quantitative estimate of drug-likeness (QED) is 0.859. The van der Waals surface area contributed by atoms with Gasteiger partial charge in [-0.1, -0.05) is 0 Å². The normalized spacial score (nSPS) is 16.7. The number of nitrogens with two attached hydrogens (primary N) is 1. The SMILES string of the molecule is CN(C)c1ccc(NC(=O)CN2CCC(CN)CC2)cc1. The zero-order valence-corrected chi connectivity index (χ0v) is 13.0. The summed E-state index contributed by atoms with van der Waals surface area (Å²) < 4.78 is 0. The van der Waals surface area contributed by atoms with E-state index < -0.39 is 0 Å². The Balaban J connectivity index is 1.79. The lowest BCUT2D eigenvalue weighted by Gasteiger charge is -2.30. The van der Waals surface area contributed by atoms with Crippen molar-refractivity contribution in [3.8, 4) is 0 Å². The van der Waals surface area contributed by atoms with Gasteiger partial charge in [0.05, 0.1) is 6.54 Å². The Bertz CT molecular complexity index is 450. The van der Waals surface area contributed by atoms with Crippen LogP contribution in [0.15, 0.2) is 24.3 Å². The molecule has 5 nitrogen and oxygen atoms in total. The molecule has 0 radical (unpaired) electrons. The number of amides is 1. The van der Waals surface area contributed by atoms with Crippen LogP contribution in [0.1, 0.15) is 12.8 Å². The Hall–Kier alpha value is -1.59. The topological polar surface area (TPSA) is 61.6 Å². The van der Waals surface area contributed by atoms with Crippen LogP contribution in [0, 0.1) is 5.92 Å². The van der Waals surface area contributed by atoms with Crippen LogP contribution >= 0.6 is 0 Å². The molecule has 3 N–H and O–H groups in total. The molecular formula is C16H26N4O. The van der Waals surface area contributed by atoms with E-state index >= 15 is 0 Å². The van der Waals surface area contributed by atoms with Gasteiger partial charge >= 0.3 is 0 Å². The van der Waals surface area contributed by atoms with Crippen LogP contribution in [0.4, 0.5) is 11.4 Å². The highest BCUT2D eigenvalue weighted by Crippen LogP contribution is 2.17. The van der Waals surface area contributed by atoms with Gasteiger partial charge in [-0.3, -0.25) is 9.69 Å². The van der Waals surface area contributed by atoms with E-state index in [1.165, 1.54) is 0 Å². The monoisotopic (exact) mass is 290 g/mol. The number of carbonyl (C=O) groups excluding carboxylic acids is 1. The third kappa shape index (κ3) is 4.72. The van der Waals surface area contributed by atoms with Crippen molar-refractivity contribution < 1.29 is 4.79 Å². The van der Waals surface area contributed by atoms with Gasteiger partial charge in [-0.05, 0) is 62.7 Å². The van der Waals surface area contributed by atoms with Crippen molar-refractivity contribution in [3.05, 3.63) is 24.3 Å². The highest BCUT2D eigenvalue weighted by atomic mass is 16.2. The maximum absolute atomic E-state index is 12.1. The van der Waals surface area contributed by atoms with Gasteiger partial charge in [0.25, 0.3) is 0 Å². The third-order valence-corrected chi connectivity index (χ3v) is 4.08. The van der Waals surface area contributed by atoms with Crippen molar-refractivity contribution in [2.24, 2.45) is 11.7 Å². The molecule has 1 aliphatic heterocycles. The number of rotatable bonds is 5. The van der Waals surface area contributed by atoms with Crippen molar-refractivity contribution in [3.63, 3.8) is 0 Å². The van der Waals surface area contributed by atoms with Gasteiger partial charge in [0.1, 0.15) is 0 Å². The molecule has 0 unspecified atom stereocenters. The largest absolute Gasteiger partial charge is 0.378 e. The van der Waals surface area contributed by atoms with Crippen molar-refractivity contribution in [2.75, 3.05) is 50.5 Å². The highest BCUT2D eigenvalue weighted by molar-refractivity contribution is 5.92. The number of benzene rings is 1. The minimum atomic E-state index is 0.0544. The van der Waals surface area contributed by atoms with Crippen LogP contribution in [0.5, 0.6) is 0 Å². The second-order valence-corrected chi connectivity index (χ2v) is 5.94. The van der Waals surface area contributed by atoms with Crippen LogP contribution in [0.25, 0.3) is 0 Å². The van der Waals surface area contributed by atoms with Crippen molar-refractivity contribution in [1.82, 2.24) is 4.90 Å². The number of nitrogens with one attached hydrogen (secondary N) is 1. The zero-order chi connectivity index (χ0) is 15.2. The predicted octanol–water partition coefficient (Wildman–Crippen LogP) is 1.36. The van der Waals surface area contributed by atoms with Crippen LogP contribution in [-0.2, 0) is 4.79 Å². The molecule has 0 bridgehead atoms. The molecule has 1 aromatic carbocycles. The molecule has 0 aliphatic carbocycles. The molecule has 0 saturated carbocycles. The molecule has 21 heavy (non-hydrogen) atoms. The number of carbonyl (C=O) groups is 1. The predicted molar refractivity (Wildman–Crippen MR) is 87.6 cm³/mol. The molecule has 1 amide bonds. The van der Waals surface area contributed by atoms with Gasteiger partial charge in [-0.25, -0.2) is 0 Å². The average molecular weight is 290 g/mol. The van der Waals surface area contributed by atoms with E-state index in [1.807, 2.05) is 43.3 Å². The van der Waals surface area contributed by atoms with Crippen LogP contribution in [0.3, 0.4) is 0 Å². The Morgan fingerprint density at radius 3 is 2.43 bits per heavy atom. The van der Waals surface area contributed by atoms with E-state index in [0.29, 0.717) is 12.5 Å². The van der Waals surface area contributed by atoms with Crippen LogP contribution in [0.2, 0.25) is 0 Å². The Kier molecular flexibility index (Phi) is 5.59.